The van der Waals surface area contributed by atoms with Crippen molar-refractivity contribution in [2.24, 2.45) is 0 Å². The molecule has 0 saturated carbocycles. The smallest absolute Gasteiger partial charge is 0.361 e. The summed E-state index contributed by atoms with van der Waals surface area (Å²) in [6, 6.07) is 9.94. The van der Waals surface area contributed by atoms with Crippen LogP contribution in [0, 0.1) is 6.92 Å². The largest absolute Gasteiger partial charge is 0.457 e. The molecule has 0 aliphatic rings. The lowest BCUT2D eigenvalue weighted by molar-refractivity contribution is 0.0542. The predicted octanol–water partition coefficient (Wildman–Crippen LogP) is 2.54. The maximum absolute atomic E-state index is 11.8. The van der Waals surface area contributed by atoms with Gasteiger partial charge in [0.2, 0.25) is 0 Å². The predicted molar refractivity (Wildman–Crippen MR) is 75.5 cm³/mol. The van der Waals surface area contributed by atoms with Crippen LogP contribution in [-0.2, 0) is 4.74 Å². The number of hydrogen-bond acceptors (Lipinski definition) is 4. The van der Waals surface area contributed by atoms with Gasteiger partial charge >= 0.3 is 5.97 Å². The molecule has 0 amide bonds. The van der Waals surface area contributed by atoms with Crippen LogP contribution in [0.25, 0.3) is 0 Å². The van der Waals surface area contributed by atoms with Crippen LogP contribution < -0.4 is 0 Å². The lowest BCUT2D eigenvalue weighted by Gasteiger charge is -2.13. The SMILES string of the molecule is C=CCOC(=O)c1nnn(C(C)c2ccccc2)c1C. The Morgan fingerprint density at radius 1 is 1.45 bits per heavy atom. The second-order valence-corrected chi connectivity index (χ2v) is 4.44. The molecule has 0 fully saturated rings. The van der Waals surface area contributed by atoms with Crippen molar-refractivity contribution in [2.75, 3.05) is 6.61 Å². The van der Waals surface area contributed by atoms with Gasteiger partial charge in [-0.1, -0.05) is 48.2 Å². The highest BCUT2D eigenvalue weighted by Gasteiger charge is 2.20. The van der Waals surface area contributed by atoms with E-state index in [-0.39, 0.29) is 18.3 Å². The van der Waals surface area contributed by atoms with Crippen LogP contribution in [0.5, 0.6) is 0 Å². The fourth-order valence-corrected chi connectivity index (χ4v) is 1.97. The highest BCUT2D eigenvalue weighted by Crippen LogP contribution is 2.19. The third-order valence-electron chi connectivity index (χ3n) is 3.10. The molecule has 0 spiro atoms. The molecule has 0 radical (unpaired) electrons. The van der Waals surface area contributed by atoms with Gasteiger partial charge in [-0.15, -0.1) is 5.10 Å². The van der Waals surface area contributed by atoms with Crippen molar-refractivity contribution in [3.8, 4) is 0 Å². The Labute approximate surface area is 117 Å². The zero-order valence-corrected chi connectivity index (χ0v) is 11.6. The Bertz CT molecular complexity index is 605. The molecule has 2 aromatic rings. The molecule has 1 heterocycles. The number of rotatable bonds is 5. The van der Waals surface area contributed by atoms with Gasteiger partial charge in [0.15, 0.2) is 5.69 Å². The van der Waals surface area contributed by atoms with Crippen molar-refractivity contribution in [1.29, 1.82) is 0 Å². The van der Waals surface area contributed by atoms with Gasteiger partial charge in [-0.2, -0.15) is 0 Å². The number of aromatic nitrogens is 3. The van der Waals surface area contributed by atoms with E-state index < -0.39 is 5.97 Å². The number of esters is 1. The topological polar surface area (TPSA) is 57.0 Å². The summed E-state index contributed by atoms with van der Waals surface area (Å²) in [4.78, 5) is 11.8. The standard InChI is InChI=1S/C15H17N3O2/c1-4-10-20-15(19)14-12(3)18(17-16-14)11(2)13-8-6-5-7-9-13/h4-9,11H,1,10H2,2-3H3. The summed E-state index contributed by atoms with van der Waals surface area (Å²) in [7, 11) is 0. The summed E-state index contributed by atoms with van der Waals surface area (Å²) in [5.41, 5.74) is 2.04. The zero-order chi connectivity index (χ0) is 14.5. The van der Waals surface area contributed by atoms with Gasteiger partial charge < -0.3 is 4.74 Å². The van der Waals surface area contributed by atoms with E-state index in [1.165, 1.54) is 6.08 Å². The number of carbonyl (C=O) groups is 1. The zero-order valence-electron chi connectivity index (χ0n) is 11.6. The van der Waals surface area contributed by atoms with Crippen LogP contribution in [0.3, 0.4) is 0 Å². The van der Waals surface area contributed by atoms with E-state index in [9.17, 15) is 4.79 Å². The van der Waals surface area contributed by atoms with Crippen LogP contribution in [0.1, 0.15) is 34.7 Å². The number of nitrogens with zero attached hydrogens (tertiary/aromatic N) is 3. The summed E-state index contributed by atoms with van der Waals surface area (Å²) in [5.74, 6) is -0.478. The van der Waals surface area contributed by atoms with Crippen LogP contribution in [0.4, 0.5) is 0 Å². The summed E-state index contributed by atoms with van der Waals surface area (Å²) < 4.78 is 6.71. The van der Waals surface area contributed by atoms with Crippen LogP contribution in [0.2, 0.25) is 0 Å². The molecule has 1 unspecified atom stereocenters. The Kier molecular flexibility index (Phi) is 4.30. The fraction of sp³-hybridized carbons (Fsp3) is 0.267. The first-order chi connectivity index (χ1) is 9.65. The van der Waals surface area contributed by atoms with Crippen molar-refractivity contribution in [1.82, 2.24) is 15.0 Å². The third kappa shape index (κ3) is 2.77. The normalized spacial score (nSPS) is 11.9. The van der Waals surface area contributed by atoms with E-state index in [4.69, 9.17) is 4.74 Å². The van der Waals surface area contributed by atoms with E-state index in [1.807, 2.05) is 44.2 Å². The van der Waals surface area contributed by atoms with Crippen molar-refractivity contribution in [2.45, 2.75) is 19.9 Å². The molecule has 0 aliphatic heterocycles. The van der Waals surface area contributed by atoms with Gasteiger partial charge in [-0.25, -0.2) is 9.48 Å². The van der Waals surface area contributed by atoms with E-state index in [0.717, 1.165) is 5.56 Å². The van der Waals surface area contributed by atoms with Crippen molar-refractivity contribution in [3.63, 3.8) is 0 Å². The molecule has 2 rings (SSSR count). The Hall–Kier alpha value is -2.43. The molecule has 5 nitrogen and oxygen atoms in total. The average molecular weight is 271 g/mol. The number of ether oxygens (including phenoxy) is 1. The van der Waals surface area contributed by atoms with Gasteiger partial charge in [-0.3, -0.25) is 0 Å². The fourth-order valence-electron chi connectivity index (χ4n) is 1.97. The first-order valence-corrected chi connectivity index (χ1v) is 6.40. The first kappa shape index (κ1) is 14.0. The highest BCUT2D eigenvalue weighted by atomic mass is 16.5. The van der Waals surface area contributed by atoms with Gasteiger partial charge in [0.25, 0.3) is 0 Å². The van der Waals surface area contributed by atoms with E-state index >= 15 is 0 Å². The Morgan fingerprint density at radius 3 is 2.80 bits per heavy atom. The monoisotopic (exact) mass is 271 g/mol. The van der Waals surface area contributed by atoms with Crippen molar-refractivity contribution in [3.05, 3.63) is 59.9 Å². The molecule has 0 N–H and O–H groups in total. The molecule has 1 atom stereocenters. The number of benzene rings is 1. The lowest BCUT2D eigenvalue weighted by Crippen LogP contribution is -2.12. The minimum atomic E-state index is -0.478. The lowest BCUT2D eigenvalue weighted by atomic mass is 10.1. The van der Waals surface area contributed by atoms with Crippen molar-refractivity contribution < 1.29 is 9.53 Å². The maximum atomic E-state index is 11.8. The molecular weight excluding hydrogens is 254 g/mol. The summed E-state index contributed by atoms with van der Waals surface area (Å²) in [5, 5.41) is 7.98. The molecule has 104 valence electrons. The Balaban J connectivity index is 2.24. The third-order valence-corrected chi connectivity index (χ3v) is 3.10. The molecule has 20 heavy (non-hydrogen) atoms. The first-order valence-electron chi connectivity index (χ1n) is 6.40. The second-order valence-electron chi connectivity index (χ2n) is 4.44. The molecule has 0 saturated heterocycles. The minimum absolute atomic E-state index is 0.00431. The summed E-state index contributed by atoms with van der Waals surface area (Å²) >= 11 is 0. The van der Waals surface area contributed by atoms with E-state index in [1.54, 1.807) is 4.68 Å². The van der Waals surface area contributed by atoms with Crippen molar-refractivity contribution >= 4 is 5.97 Å². The molecule has 1 aromatic carbocycles. The average Bonchev–Trinajstić information content (AvgIpc) is 2.86. The minimum Gasteiger partial charge on any atom is -0.457 e. The number of carbonyl (C=O) groups excluding carboxylic acids is 1. The van der Waals surface area contributed by atoms with Gasteiger partial charge in [0.1, 0.15) is 6.61 Å². The highest BCUT2D eigenvalue weighted by molar-refractivity contribution is 5.88. The van der Waals surface area contributed by atoms with Gasteiger partial charge in [0.05, 0.1) is 11.7 Å². The van der Waals surface area contributed by atoms with E-state index in [2.05, 4.69) is 16.9 Å². The molecular formula is C15H17N3O2. The molecule has 5 heteroatoms. The van der Waals surface area contributed by atoms with Gasteiger partial charge in [0, 0.05) is 0 Å². The number of hydrogen-bond donors (Lipinski definition) is 0. The van der Waals surface area contributed by atoms with Crippen LogP contribution in [-0.4, -0.2) is 27.6 Å². The maximum Gasteiger partial charge on any atom is 0.361 e. The quantitative estimate of drug-likeness (QED) is 0.619. The molecule has 0 aliphatic carbocycles. The summed E-state index contributed by atoms with van der Waals surface area (Å²) in [6.07, 6.45) is 1.52. The van der Waals surface area contributed by atoms with E-state index in [0.29, 0.717) is 5.69 Å². The Morgan fingerprint density at radius 2 is 2.15 bits per heavy atom. The van der Waals surface area contributed by atoms with Crippen LogP contribution in [0.15, 0.2) is 43.0 Å². The van der Waals surface area contributed by atoms with Crippen LogP contribution >= 0.6 is 0 Å². The molecule has 1 aromatic heterocycles. The second kappa shape index (κ2) is 6.14. The summed E-state index contributed by atoms with van der Waals surface area (Å²) in [6.45, 7) is 7.49. The van der Waals surface area contributed by atoms with Gasteiger partial charge in [-0.05, 0) is 19.4 Å². The molecule has 0 bridgehead atoms.